The lowest BCUT2D eigenvalue weighted by Crippen LogP contribution is -2.40. The maximum atomic E-state index is 11.9. The summed E-state index contributed by atoms with van der Waals surface area (Å²) in [5.41, 5.74) is 0.957. The first kappa shape index (κ1) is 17.9. The van der Waals surface area contributed by atoms with E-state index >= 15 is 0 Å². The van der Waals surface area contributed by atoms with Crippen molar-refractivity contribution in [1.82, 2.24) is 15.4 Å². The number of sulfonamides is 1. The van der Waals surface area contributed by atoms with Gasteiger partial charge in [-0.05, 0) is 19.1 Å². The van der Waals surface area contributed by atoms with Gasteiger partial charge in [0.2, 0.25) is 10.0 Å². The monoisotopic (exact) mass is 329 g/mol. The molecule has 0 radical (unpaired) electrons. The van der Waals surface area contributed by atoms with E-state index < -0.39 is 22.0 Å². The molecule has 9 heteroatoms. The minimum absolute atomic E-state index is 0.0102. The fourth-order valence-corrected chi connectivity index (χ4v) is 2.54. The van der Waals surface area contributed by atoms with Crippen LogP contribution in [0.2, 0.25) is 0 Å². The number of benzene rings is 1. The Balaban J connectivity index is 2.30. The third kappa shape index (κ3) is 6.55. The molecule has 122 valence electrons. The summed E-state index contributed by atoms with van der Waals surface area (Å²) in [6, 6.07) is 5.86. The van der Waals surface area contributed by atoms with E-state index in [4.69, 9.17) is 5.11 Å². The number of amides is 2. The summed E-state index contributed by atoms with van der Waals surface area (Å²) >= 11 is 0. The van der Waals surface area contributed by atoms with E-state index in [1.807, 2.05) is 6.92 Å². The Bertz CT molecular complexity index is 613. The molecule has 22 heavy (non-hydrogen) atoms. The molecule has 2 amide bonds. The molecule has 0 aliphatic rings. The number of urea groups is 1. The van der Waals surface area contributed by atoms with Crippen LogP contribution in [-0.4, -0.2) is 45.2 Å². The van der Waals surface area contributed by atoms with Crippen LogP contribution in [0.4, 0.5) is 4.79 Å². The van der Waals surface area contributed by atoms with Crippen LogP contribution in [0.3, 0.4) is 0 Å². The van der Waals surface area contributed by atoms with Crippen molar-refractivity contribution in [3.8, 4) is 0 Å². The standard InChI is InChI=1S/C13H19N3O5S/c1-10-2-4-11(5-3-10)22(20,21)16-9-8-15-13(19)14-7-6-12(17)18/h2-5,16H,6-9H2,1H3,(H,17,18)(H2,14,15,19). The minimum atomic E-state index is -3.60. The van der Waals surface area contributed by atoms with E-state index in [-0.39, 0.29) is 31.0 Å². The van der Waals surface area contributed by atoms with Crippen molar-refractivity contribution >= 4 is 22.0 Å². The van der Waals surface area contributed by atoms with E-state index in [1.54, 1.807) is 12.1 Å². The van der Waals surface area contributed by atoms with E-state index in [0.717, 1.165) is 5.56 Å². The number of aliphatic carboxylic acids is 1. The van der Waals surface area contributed by atoms with Gasteiger partial charge in [-0.3, -0.25) is 4.79 Å². The number of carboxylic acids is 1. The third-order valence-electron chi connectivity index (χ3n) is 2.66. The van der Waals surface area contributed by atoms with E-state index in [0.29, 0.717) is 0 Å². The number of carboxylic acid groups (broad SMARTS) is 1. The van der Waals surface area contributed by atoms with Gasteiger partial charge in [-0.1, -0.05) is 17.7 Å². The number of aryl methyl sites for hydroxylation is 1. The van der Waals surface area contributed by atoms with Crippen molar-refractivity contribution in [2.75, 3.05) is 19.6 Å². The smallest absolute Gasteiger partial charge is 0.314 e. The molecule has 4 N–H and O–H groups in total. The molecule has 0 heterocycles. The van der Waals surface area contributed by atoms with Crippen LogP contribution in [-0.2, 0) is 14.8 Å². The SMILES string of the molecule is Cc1ccc(S(=O)(=O)NCCNC(=O)NCCC(=O)O)cc1. The van der Waals surface area contributed by atoms with Crippen molar-refractivity contribution in [2.24, 2.45) is 0 Å². The zero-order valence-electron chi connectivity index (χ0n) is 12.1. The van der Waals surface area contributed by atoms with Crippen molar-refractivity contribution in [1.29, 1.82) is 0 Å². The van der Waals surface area contributed by atoms with Gasteiger partial charge in [0.15, 0.2) is 0 Å². The summed E-state index contributed by atoms with van der Waals surface area (Å²) in [5, 5.41) is 13.2. The number of nitrogens with one attached hydrogen (secondary N) is 3. The number of carbonyl (C=O) groups excluding carboxylic acids is 1. The molecule has 0 atom stereocenters. The highest BCUT2D eigenvalue weighted by molar-refractivity contribution is 7.89. The van der Waals surface area contributed by atoms with Crippen LogP contribution in [0.5, 0.6) is 0 Å². The predicted molar refractivity (Wildman–Crippen MR) is 80.0 cm³/mol. The summed E-state index contributed by atoms with van der Waals surface area (Å²) in [6.45, 7) is 1.99. The third-order valence-corrected chi connectivity index (χ3v) is 4.14. The van der Waals surface area contributed by atoms with E-state index in [9.17, 15) is 18.0 Å². The summed E-state index contributed by atoms with van der Waals surface area (Å²) in [6.07, 6.45) is -0.173. The van der Waals surface area contributed by atoms with Crippen molar-refractivity contribution in [2.45, 2.75) is 18.2 Å². The van der Waals surface area contributed by atoms with Gasteiger partial charge in [0.1, 0.15) is 0 Å². The second-order valence-corrected chi connectivity index (χ2v) is 6.30. The summed E-state index contributed by atoms with van der Waals surface area (Å²) in [5.74, 6) is -1.01. The van der Waals surface area contributed by atoms with Gasteiger partial charge in [0.25, 0.3) is 0 Å². The van der Waals surface area contributed by atoms with Crippen LogP contribution in [0.15, 0.2) is 29.2 Å². The van der Waals surface area contributed by atoms with Crippen LogP contribution in [0.25, 0.3) is 0 Å². The Morgan fingerprint density at radius 3 is 2.23 bits per heavy atom. The lowest BCUT2D eigenvalue weighted by Gasteiger charge is -2.09. The largest absolute Gasteiger partial charge is 0.481 e. The van der Waals surface area contributed by atoms with Gasteiger partial charge in [0, 0.05) is 19.6 Å². The molecular formula is C13H19N3O5S. The molecule has 0 bridgehead atoms. The van der Waals surface area contributed by atoms with Crippen LogP contribution in [0, 0.1) is 6.92 Å². The van der Waals surface area contributed by atoms with Crippen LogP contribution >= 0.6 is 0 Å². The molecule has 0 unspecified atom stereocenters. The average Bonchev–Trinajstić information content (AvgIpc) is 2.44. The molecule has 0 aliphatic heterocycles. The Labute approximate surface area is 129 Å². The maximum absolute atomic E-state index is 11.9. The number of hydrogen-bond acceptors (Lipinski definition) is 4. The zero-order valence-corrected chi connectivity index (χ0v) is 12.9. The molecule has 0 aliphatic carbocycles. The molecule has 8 nitrogen and oxygen atoms in total. The molecule has 1 rings (SSSR count). The quantitative estimate of drug-likeness (QED) is 0.502. The number of carbonyl (C=O) groups is 2. The number of hydrogen-bond donors (Lipinski definition) is 4. The highest BCUT2D eigenvalue weighted by atomic mass is 32.2. The maximum Gasteiger partial charge on any atom is 0.314 e. The first-order valence-corrected chi connectivity index (χ1v) is 8.09. The lowest BCUT2D eigenvalue weighted by molar-refractivity contribution is -0.136. The normalized spacial score (nSPS) is 11.0. The predicted octanol–water partition coefficient (Wildman–Crippen LogP) is 0.0472. The minimum Gasteiger partial charge on any atom is -0.481 e. The topological polar surface area (TPSA) is 125 Å². The van der Waals surface area contributed by atoms with Gasteiger partial charge < -0.3 is 15.7 Å². The second-order valence-electron chi connectivity index (χ2n) is 4.54. The van der Waals surface area contributed by atoms with E-state index in [1.165, 1.54) is 12.1 Å². The average molecular weight is 329 g/mol. The van der Waals surface area contributed by atoms with E-state index in [2.05, 4.69) is 15.4 Å². The molecular weight excluding hydrogens is 310 g/mol. The highest BCUT2D eigenvalue weighted by Gasteiger charge is 2.12. The number of rotatable bonds is 8. The van der Waals surface area contributed by atoms with Crippen molar-refractivity contribution in [3.05, 3.63) is 29.8 Å². The Morgan fingerprint density at radius 2 is 1.64 bits per heavy atom. The van der Waals surface area contributed by atoms with Crippen molar-refractivity contribution in [3.63, 3.8) is 0 Å². The second kappa shape index (κ2) is 8.35. The fourth-order valence-electron chi connectivity index (χ4n) is 1.51. The highest BCUT2D eigenvalue weighted by Crippen LogP contribution is 2.09. The van der Waals surface area contributed by atoms with Gasteiger partial charge >= 0.3 is 12.0 Å². The first-order chi connectivity index (χ1) is 10.3. The fraction of sp³-hybridized carbons (Fsp3) is 0.385. The molecule has 0 aromatic heterocycles. The van der Waals surface area contributed by atoms with Gasteiger partial charge in [-0.2, -0.15) is 0 Å². The Kier molecular flexibility index (Phi) is 6.80. The van der Waals surface area contributed by atoms with Gasteiger partial charge in [-0.15, -0.1) is 0 Å². The summed E-state index contributed by atoms with van der Waals surface area (Å²) in [7, 11) is -3.60. The van der Waals surface area contributed by atoms with Gasteiger partial charge in [-0.25, -0.2) is 17.9 Å². The van der Waals surface area contributed by atoms with Crippen LogP contribution in [0.1, 0.15) is 12.0 Å². The molecule has 0 saturated carbocycles. The molecule has 0 spiro atoms. The summed E-state index contributed by atoms with van der Waals surface area (Å²) < 4.78 is 26.2. The molecule has 0 fully saturated rings. The van der Waals surface area contributed by atoms with Gasteiger partial charge in [0.05, 0.1) is 11.3 Å². The lowest BCUT2D eigenvalue weighted by atomic mass is 10.2. The molecule has 1 aromatic rings. The van der Waals surface area contributed by atoms with Crippen LogP contribution < -0.4 is 15.4 Å². The molecule has 0 saturated heterocycles. The van der Waals surface area contributed by atoms with Crippen molar-refractivity contribution < 1.29 is 23.1 Å². The summed E-state index contributed by atoms with van der Waals surface area (Å²) in [4.78, 5) is 21.7. The zero-order chi connectivity index (χ0) is 16.6. The first-order valence-electron chi connectivity index (χ1n) is 6.61. The molecule has 1 aromatic carbocycles. The Hall–Kier alpha value is -2.13. The Morgan fingerprint density at radius 1 is 1.05 bits per heavy atom.